The van der Waals surface area contributed by atoms with E-state index in [1.807, 2.05) is 0 Å². The van der Waals surface area contributed by atoms with E-state index in [0.29, 0.717) is 21.0 Å². The van der Waals surface area contributed by atoms with Crippen LogP contribution in [0, 0.1) is 0 Å². The predicted molar refractivity (Wildman–Crippen MR) is 138 cm³/mol. The zero-order chi connectivity index (χ0) is 28.1. The molecule has 38 heavy (non-hydrogen) atoms. The maximum atomic E-state index is 13.6. The maximum Gasteiger partial charge on any atom is 0.416 e. The van der Waals surface area contributed by atoms with E-state index in [0.717, 1.165) is 17.0 Å². The van der Waals surface area contributed by atoms with Gasteiger partial charge in [0.2, 0.25) is 11.8 Å². The molecule has 0 spiro atoms. The van der Waals surface area contributed by atoms with Crippen molar-refractivity contribution < 1.29 is 31.2 Å². The number of sulfonamides is 1. The highest BCUT2D eigenvalue weighted by molar-refractivity contribution is 7.92. The van der Waals surface area contributed by atoms with Gasteiger partial charge in [0.1, 0.15) is 12.6 Å². The van der Waals surface area contributed by atoms with Crippen LogP contribution in [0.2, 0.25) is 5.02 Å². The predicted octanol–water partition coefficient (Wildman–Crippen LogP) is 4.72. The lowest BCUT2D eigenvalue weighted by Gasteiger charge is -2.32. The Balaban J connectivity index is 2.07. The second kappa shape index (κ2) is 11.9. The molecule has 0 aliphatic rings. The molecular formula is C26H25ClF3N3O4S. The third-order valence-electron chi connectivity index (χ3n) is 5.75. The van der Waals surface area contributed by atoms with Crippen molar-refractivity contribution in [1.82, 2.24) is 10.2 Å². The number of amides is 2. The Morgan fingerprint density at radius 2 is 1.61 bits per heavy atom. The van der Waals surface area contributed by atoms with E-state index in [-0.39, 0.29) is 17.1 Å². The zero-order valence-electron chi connectivity index (χ0n) is 20.4. The number of carbonyl (C=O) groups excluding carboxylic acids is 2. The van der Waals surface area contributed by atoms with Crippen LogP contribution < -0.4 is 9.62 Å². The lowest BCUT2D eigenvalue weighted by molar-refractivity contribution is -0.139. The fourth-order valence-corrected chi connectivity index (χ4v) is 5.22. The van der Waals surface area contributed by atoms with Gasteiger partial charge in [0.25, 0.3) is 10.0 Å². The molecular weight excluding hydrogens is 543 g/mol. The summed E-state index contributed by atoms with van der Waals surface area (Å²) in [7, 11) is -3.09. The summed E-state index contributed by atoms with van der Waals surface area (Å²) in [5.41, 5.74) is -0.821. The topological polar surface area (TPSA) is 86.8 Å². The molecule has 0 fully saturated rings. The Hall–Kier alpha value is -3.57. The number of hydrogen-bond acceptors (Lipinski definition) is 4. The molecule has 7 nitrogen and oxygen atoms in total. The van der Waals surface area contributed by atoms with Gasteiger partial charge in [-0.15, -0.1) is 0 Å². The molecule has 3 rings (SSSR count). The van der Waals surface area contributed by atoms with Crippen LogP contribution in [0.1, 0.15) is 18.1 Å². The third kappa shape index (κ3) is 6.84. The van der Waals surface area contributed by atoms with Crippen LogP contribution in [-0.4, -0.2) is 44.8 Å². The zero-order valence-corrected chi connectivity index (χ0v) is 22.0. The molecule has 0 aliphatic carbocycles. The average Bonchev–Trinajstić information content (AvgIpc) is 2.90. The Labute approximate surface area is 223 Å². The molecule has 0 radical (unpaired) electrons. The Bertz CT molecular complexity index is 1380. The largest absolute Gasteiger partial charge is 0.416 e. The molecule has 1 N–H and O–H groups in total. The summed E-state index contributed by atoms with van der Waals surface area (Å²) in [4.78, 5) is 27.0. The summed E-state index contributed by atoms with van der Waals surface area (Å²) < 4.78 is 68.1. The molecule has 12 heteroatoms. The van der Waals surface area contributed by atoms with E-state index in [2.05, 4.69) is 5.32 Å². The van der Waals surface area contributed by atoms with Gasteiger partial charge >= 0.3 is 6.18 Å². The van der Waals surface area contributed by atoms with Crippen molar-refractivity contribution in [3.05, 3.63) is 95.0 Å². The molecule has 0 saturated heterocycles. The average molecular weight is 568 g/mol. The molecule has 0 bridgehead atoms. The molecule has 202 valence electrons. The summed E-state index contributed by atoms with van der Waals surface area (Å²) >= 11 is 5.94. The minimum atomic E-state index is -4.74. The SMILES string of the molecule is CNC(=O)[C@@H](C)N(Cc1ccc(Cl)cc1)C(=O)CN(c1cccc(C(F)(F)F)c1)S(=O)(=O)c1ccccc1. The number of hydrogen-bond donors (Lipinski definition) is 1. The summed E-state index contributed by atoms with van der Waals surface area (Å²) in [6, 6.07) is 16.2. The van der Waals surface area contributed by atoms with Crippen molar-refractivity contribution in [3.8, 4) is 0 Å². The number of nitrogens with zero attached hydrogens (tertiary/aromatic N) is 2. The van der Waals surface area contributed by atoms with Gasteiger partial charge in [0, 0.05) is 18.6 Å². The van der Waals surface area contributed by atoms with Crippen LogP contribution in [0.15, 0.2) is 83.8 Å². The molecule has 2 amide bonds. The van der Waals surface area contributed by atoms with Gasteiger partial charge in [-0.3, -0.25) is 13.9 Å². The van der Waals surface area contributed by atoms with Crippen LogP contribution in [0.5, 0.6) is 0 Å². The van der Waals surface area contributed by atoms with E-state index in [1.54, 1.807) is 30.3 Å². The third-order valence-corrected chi connectivity index (χ3v) is 7.79. The summed E-state index contributed by atoms with van der Waals surface area (Å²) in [5.74, 6) is -1.31. The van der Waals surface area contributed by atoms with Gasteiger partial charge in [-0.2, -0.15) is 13.2 Å². The first-order chi connectivity index (χ1) is 17.8. The lowest BCUT2D eigenvalue weighted by atomic mass is 10.1. The van der Waals surface area contributed by atoms with Gasteiger partial charge in [-0.25, -0.2) is 8.42 Å². The van der Waals surface area contributed by atoms with E-state index < -0.39 is 46.2 Å². The number of halogens is 4. The maximum absolute atomic E-state index is 13.6. The first-order valence-corrected chi connectivity index (χ1v) is 13.2. The first-order valence-electron chi connectivity index (χ1n) is 11.3. The number of nitrogens with one attached hydrogen (secondary N) is 1. The second-order valence-corrected chi connectivity index (χ2v) is 10.6. The number of likely N-dealkylation sites (N-methyl/N-ethyl adjacent to an activating group) is 1. The second-order valence-electron chi connectivity index (χ2n) is 8.31. The number of rotatable bonds is 9. The van der Waals surface area contributed by atoms with Gasteiger partial charge in [0.15, 0.2) is 0 Å². The summed E-state index contributed by atoms with van der Waals surface area (Å²) in [6.07, 6.45) is -4.74. The molecule has 3 aromatic carbocycles. The van der Waals surface area contributed by atoms with Crippen LogP contribution in [0.25, 0.3) is 0 Å². The van der Waals surface area contributed by atoms with Crippen molar-refractivity contribution >= 4 is 39.1 Å². The number of benzene rings is 3. The highest BCUT2D eigenvalue weighted by atomic mass is 35.5. The smallest absolute Gasteiger partial charge is 0.357 e. The van der Waals surface area contributed by atoms with Crippen molar-refractivity contribution in [2.75, 3.05) is 17.9 Å². The van der Waals surface area contributed by atoms with Gasteiger partial charge in [-0.05, 0) is 55.0 Å². The Kier molecular flexibility index (Phi) is 9.05. The van der Waals surface area contributed by atoms with E-state index in [1.165, 1.54) is 44.3 Å². The molecule has 1 atom stereocenters. The highest BCUT2D eigenvalue weighted by Crippen LogP contribution is 2.33. The molecule has 0 aliphatic heterocycles. The Morgan fingerprint density at radius 3 is 2.18 bits per heavy atom. The summed E-state index contributed by atoms with van der Waals surface area (Å²) in [6.45, 7) is 0.535. The quantitative estimate of drug-likeness (QED) is 0.405. The first kappa shape index (κ1) is 29.0. The van der Waals surface area contributed by atoms with E-state index in [9.17, 15) is 31.2 Å². The standard InChI is InChI=1S/C26H25ClF3N3O4S/c1-18(25(35)31-2)32(16-19-11-13-21(27)14-12-19)24(34)17-33(38(36,37)23-9-4-3-5-10-23)22-8-6-7-20(15-22)26(28,29)30/h3-15,18H,16-17H2,1-2H3,(H,31,35)/t18-/m1/s1. The Morgan fingerprint density at radius 1 is 0.974 bits per heavy atom. The van der Waals surface area contributed by atoms with Crippen molar-refractivity contribution in [2.24, 2.45) is 0 Å². The molecule has 0 unspecified atom stereocenters. The van der Waals surface area contributed by atoms with Gasteiger partial charge in [-0.1, -0.05) is 48.0 Å². The number of alkyl halides is 3. The van der Waals surface area contributed by atoms with Crippen LogP contribution in [0.3, 0.4) is 0 Å². The lowest BCUT2D eigenvalue weighted by Crippen LogP contribution is -2.50. The fourth-order valence-electron chi connectivity index (χ4n) is 3.66. The molecule has 3 aromatic rings. The normalized spacial score (nSPS) is 12.5. The van der Waals surface area contributed by atoms with Crippen LogP contribution in [0.4, 0.5) is 18.9 Å². The minimum absolute atomic E-state index is 0.0770. The van der Waals surface area contributed by atoms with E-state index >= 15 is 0 Å². The number of anilines is 1. The fraction of sp³-hybridized carbons (Fsp3) is 0.231. The van der Waals surface area contributed by atoms with Crippen molar-refractivity contribution in [1.29, 1.82) is 0 Å². The highest BCUT2D eigenvalue weighted by Gasteiger charge is 2.35. The monoisotopic (exact) mass is 567 g/mol. The molecule has 0 aromatic heterocycles. The van der Waals surface area contributed by atoms with Gasteiger partial charge < -0.3 is 10.2 Å². The van der Waals surface area contributed by atoms with Crippen molar-refractivity contribution in [3.63, 3.8) is 0 Å². The summed E-state index contributed by atoms with van der Waals surface area (Å²) in [5, 5.41) is 2.90. The number of carbonyl (C=O) groups is 2. The van der Waals surface area contributed by atoms with Gasteiger partial charge in [0.05, 0.1) is 16.1 Å². The van der Waals surface area contributed by atoms with Crippen LogP contribution in [-0.2, 0) is 32.3 Å². The van der Waals surface area contributed by atoms with E-state index in [4.69, 9.17) is 11.6 Å². The molecule has 0 heterocycles. The minimum Gasteiger partial charge on any atom is -0.357 e. The molecule has 0 saturated carbocycles. The van der Waals surface area contributed by atoms with Crippen molar-refractivity contribution in [2.45, 2.75) is 30.6 Å². The van der Waals surface area contributed by atoms with Crippen LogP contribution >= 0.6 is 11.6 Å².